The fraction of sp³-hybridized carbons (Fsp3) is 0.900. The number of likely N-dealkylation sites (tertiary alicyclic amines) is 1. The largest absolute Gasteiger partial charge is 0.303 e. The van der Waals surface area contributed by atoms with E-state index in [9.17, 15) is 4.79 Å². The highest BCUT2D eigenvalue weighted by molar-refractivity contribution is 5.78. The number of hydrogen-bond donors (Lipinski definition) is 0. The van der Waals surface area contributed by atoms with Crippen molar-refractivity contribution in [3.63, 3.8) is 0 Å². The van der Waals surface area contributed by atoms with Crippen molar-refractivity contribution in [3.05, 3.63) is 0 Å². The number of ketones is 1. The summed E-state index contributed by atoms with van der Waals surface area (Å²) >= 11 is 0. The van der Waals surface area contributed by atoms with Crippen LogP contribution in [0.5, 0.6) is 0 Å². The normalized spacial score (nSPS) is 25.7. The summed E-state index contributed by atoms with van der Waals surface area (Å²) in [5.41, 5.74) is 0. The molecule has 1 rings (SSSR count). The van der Waals surface area contributed by atoms with Crippen LogP contribution in [0.25, 0.3) is 0 Å². The lowest BCUT2D eigenvalue weighted by Gasteiger charge is -2.31. The van der Waals surface area contributed by atoms with Gasteiger partial charge in [-0.2, -0.15) is 0 Å². The van der Waals surface area contributed by atoms with Crippen molar-refractivity contribution < 1.29 is 4.79 Å². The van der Waals surface area contributed by atoms with Crippen LogP contribution in [0.15, 0.2) is 0 Å². The van der Waals surface area contributed by atoms with E-state index in [1.807, 2.05) is 6.92 Å². The number of piperidine rings is 1. The molecule has 0 saturated carbocycles. The predicted octanol–water partition coefficient (Wildman–Crippen LogP) is 1.84. The first-order valence-electron chi connectivity index (χ1n) is 4.96. The maximum atomic E-state index is 11.2. The highest BCUT2D eigenvalue weighted by atomic mass is 16.1. The van der Waals surface area contributed by atoms with Gasteiger partial charge in [0.25, 0.3) is 0 Å². The van der Waals surface area contributed by atoms with Crippen molar-refractivity contribution in [2.45, 2.75) is 45.1 Å². The van der Waals surface area contributed by atoms with Crippen LogP contribution in [0.3, 0.4) is 0 Å². The molecule has 0 N–H and O–H groups in total. The van der Waals surface area contributed by atoms with Gasteiger partial charge in [0, 0.05) is 18.9 Å². The van der Waals surface area contributed by atoms with E-state index in [2.05, 4.69) is 11.9 Å². The Morgan fingerprint density at radius 2 is 2.25 bits per heavy atom. The van der Waals surface area contributed by atoms with Crippen LogP contribution in [-0.4, -0.2) is 30.3 Å². The Balaban J connectivity index is 2.33. The van der Waals surface area contributed by atoms with Gasteiger partial charge in [-0.1, -0.05) is 13.3 Å². The number of carbonyl (C=O) groups is 1. The zero-order chi connectivity index (χ0) is 8.97. The molecule has 1 saturated heterocycles. The topological polar surface area (TPSA) is 20.3 Å². The van der Waals surface area contributed by atoms with E-state index in [-0.39, 0.29) is 0 Å². The molecule has 0 bridgehead atoms. The first-order valence-corrected chi connectivity index (χ1v) is 4.96. The zero-order valence-corrected chi connectivity index (χ0v) is 8.18. The van der Waals surface area contributed by atoms with Crippen molar-refractivity contribution in [2.24, 2.45) is 0 Å². The maximum absolute atomic E-state index is 11.2. The summed E-state index contributed by atoms with van der Waals surface area (Å²) in [7, 11) is 2.13. The standard InChI is InChI=1S/C10H19NO/c1-3-10(12)8-9-6-4-5-7-11(9)2/h9H,3-8H2,1-2H3. The van der Waals surface area contributed by atoms with E-state index >= 15 is 0 Å². The van der Waals surface area contributed by atoms with Crippen LogP contribution in [0.2, 0.25) is 0 Å². The van der Waals surface area contributed by atoms with Gasteiger partial charge in [0.2, 0.25) is 0 Å². The van der Waals surface area contributed by atoms with E-state index in [1.165, 1.54) is 25.8 Å². The SMILES string of the molecule is CCC(=O)CC1CCCCN1C. The Morgan fingerprint density at radius 1 is 1.50 bits per heavy atom. The Morgan fingerprint density at radius 3 is 2.83 bits per heavy atom. The van der Waals surface area contributed by atoms with Crippen LogP contribution in [0, 0.1) is 0 Å². The van der Waals surface area contributed by atoms with Crippen LogP contribution in [-0.2, 0) is 4.79 Å². The number of Topliss-reactive ketones (excluding diaryl/α,β-unsaturated/α-hetero) is 1. The molecular weight excluding hydrogens is 150 g/mol. The van der Waals surface area contributed by atoms with Crippen molar-refractivity contribution in [3.8, 4) is 0 Å². The van der Waals surface area contributed by atoms with Crippen LogP contribution >= 0.6 is 0 Å². The average Bonchev–Trinajstić information content (AvgIpc) is 2.09. The highest BCUT2D eigenvalue weighted by Crippen LogP contribution is 2.18. The molecule has 1 aliphatic heterocycles. The summed E-state index contributed by atoms with van der Waals surface area (Å²) in [5, 5.41) is 0. The maximum Gasteiger partial charge on any atom is 0.134 e. The predicted molar refractivity (Wildman–Crippen MR) is 50.2 cm³/mol. The Hall–Kier alpha value is -0.370. The van der Waals surface area contributed by atoms with Gasteiger partial charge in [-0.15, -0.1) is 0 Å². The van der Waals surface area contributed by atoms with Gasteiger partial charge >= 0.3 is 0 Å². The Kier molecular flexibility index (Phi) is 3.73. The Bertz CT molecular complexity index is 156. The molecule has 2 heteroatoms. The monoisotopic (exact) mass is 169 g/mol. The second-order valence-corrected chi connectivity index (χ2v) is 3.73. The minimum atomic E-state index is 0.411. The molecule has 0 radical (unpaired) electrons. The highest BCUT2D eigenvalue weighted by Gasteiger charge is 2.20. The molecule has 0 spiro atoms. The summed E-state index contributed by atoms with van der Waals surface area (Å²) in [6.07, 6.45) is 5.28. The molecule has 2 nitrogen and oxygen atoms in total. The van der Waals surface area contributed by atoms with E-state index in [0.717, 1.165) is 6.42 Å². The summed E-state index contributed by atoms with van der Waals surface area (Å²) in [6.45, 7) is 3.12. The summed E-state index contributed by atoms with van der Waals surface area (Å²) in [6, 6.07) is 0.534. The summed E-state index contributed by atoms with van der Waals surface area (Å²) in [4.78, 5) is 13.5. The van der Waals surface area contributed by atoms with E-state index in [1.54, 1.807) is 0 Å². The molecular formula is C10H19NO. The molecule has 0 amide bonds. The first-order chi connectivity index (χ1) is 5.74. The fourth-order valence-electron chi connectivity index (χ4n) is 1.81. The molecule has 1 heterocycles. The molecule has 0 aromatic heterocycles. The van der Waals surface area contributed by atoms with Gasteiger partial charge in [-0.05, 0) is 26.4 Å². The van der Waals surface area contributed by atoms with Gasteiger partial charge in [0.1, 0.15) is 5.78 Å². The average molecular weight is 169 g/mol. The van der Waals surface area contributed by atoms with Crippen molar-refractivity contribution in [2.75, 3.05) is 13.6 Å². The fourth-order valence-corrected chi connectivity index (χ4v) is 1.81. The number of hydrogen-bond acceptors (Lipinski definition) is 2. The number of carbonyl (C=O) groups excluding carboxylic acids is 1. The molecule has 0 aliphatic carbocycles. The van der Waals surface area contributed by atoms with Gasteiger partial charge in [-0.3, -0.25) is 4.79 Å². The first kappa shape index (κ1) is 9.72. The third kappa shape index (κ3) is 2.59. The minimum Gasteiger partial charge on any atom is -0.303 e. The van der Waals surface area contributed by atoms with E-state index in [0.29, 0.717) is 18.2 Å². The minimum absolute atomic E-state index is 0.411. The zero-order valence-electron chi connectivity index (χ0n) is 8.18. The Labute approximate surface area is 74.9 Å². The van der Waals surface area contributed by atoms with Gasteiger partial charge in [0.05, 0.1) is 0 Å². The van der Waals surface area contributed by atoms with Gasteiger partial charge in [-0.25, -0.2) is 0 Å². The summed E-state index contributed by atoms with van der Waals surface area (Å²) in [5.74, 6) is 0.411. The molecule has 0 aromatic carbocycles. The smallest absolute Gasteiger partial charge is 0.134 e. The molecule has 12 heavy (non-hydrogen) atoms. The van der Waals surface area contributed by atoms with Gasteiger partial charge < -0.3 is 4.90 Å². The lowest BCUT2D eigenvalue weighted by atomic mass is 9.97. The van der Waals surface area contributed by atoms with E-state index in [4.69, 9.17) is 0 Å². The summed E-state index contributed by atoms with van der Waals surface area (Å²) < 4.78 is 0. The third-order valence-electron chi connectivity index (χ3n) is 2.78. The lowest BCUT2D eigenvalue weighted by molar-refractivity contribution is -0.120. The molecule has 0 aromatic rings. The third-order valence-corrected chi connectivity index (χ3v) is 2.78. The molecule has 1 unspecified atom stereocenters. The molecule has 1 atom stereocenters. The van der Waals surface area contributed by atoms with Crippen molar-refractivity contribution in [1.82, 2.24) is 4.90 Å². The number of rotatable bonds is 3. The quantitative estimate of drug-likeness (QED) is 0.642. The second kappa shape index (κ2) is 4.61. The van der Waals surface area contributed by atoms with Crippen LogP contribution in [0.1, 0.15) is 39.0 Å². The van der Waals surface area contributed by atoms with Crippen molar-refractivity contribution in [1.29, 1.82) is 0 Å². The second-order valence-electron chi connectivity index (χ2n) is 3.73. The molecule has 1 fully saturated rings. The van der Waals surface area contributed by atoms with Crippen molar-refractivity contribution >= 4 is 5.78 Å². The van der Waals surface area contributed by atoms with E-state index < -0.39 is 0 Å². The van der Waals surface area contributed by atoms with Crippen LogP contribution < -0.4 is 0 Å². The molecule has 1 aliphatic rings. The van der Waals surface area contributed by atoms with Crippen LogP contribution in [0.4, 0.5) is 0 Å². The number of nitrogens with zero attached hydrogens (tertiary/aromatic N) is 1. The molecule has 70 valence electrons. The lowest BCUT2D eigenvalue weighted by Crippen LogP contribution is -2.37. The van der Waals surface area contributed by atoms with Gasteiger partial charge in [0.15, 0.2) is 0 Å².